The molecule has 1 heterocycles. The summed E-state index contributed by atoms with van der Waals surface area (Å²) in [4.78, 5) is 4.29. The van der Waals surface area contributed by atoms with Crippen LogP contribution in [0, 0.1) is 0 Å². The van der Waals surface area contributed by atoms with E-state index in [4.69, 9.17) is 9.47 Å². The quantitative estimate of drug-likeness (QED) is 0.233. The molecule has 1 unspecified atom stereocenters. The number of benzene rings is 1. The summed E-state index contributed by atoms with van der Waals surface area (Å²) in [6.07, 6.45) is 1.96. The number of rotatable bonds is 8. The highest BCUT2D eigenvalue weighted by Gasteiger charge is 2.34. The van der Waals surface area contributed by atoms with Crippen molar-refractivity contribution >= 4 is 29.9 Å². The van der Waals surface area contributed by atoms with E-state index < -0.39 is 0 Å². The zero-order valence-corrected chi connectivity index (χ0v) is 18.4. The molecule has 0 aromatic heterocycles. The zero-order valence-electron chi connectivity index (χ0n) is 16.1. The van der Waals surface area contributed by atoms with Gasteiger partial charge in [0, 0.05) is 52.0 Å². The lowest BCUT2D eigenvalue weighted by atomic mass is 9.88. The highest BCUT2D eigenvalue weighted by Crippen LogP contribution is 2.24. The minimum absolute atomic E-state index is 0. The van der Waals surface area contributed by atoms with Gasteiger partial charge in [0.25, 0.3) is 0 Å². The van der Waals surface area contributed by atoms with E-state index in [9.17, 15) is 0 Å². The third-order valence-corrected chi connectivity index (χ3v) is 4.69. The molecule has 1 aromatic carbocycles. The number of nitrogens with one attached hydrogen (secondary N) is 3. The second kappa shape index (κ2) is 12.5. The number of ether oxygens (including phenoxy) is 2. The molecule has 0 amide bonds. The maximum absolute atomic E-state index is 5.59. The minimum atomic E-state index is -0.00756. The molecule has 148 valence electrons. The first-order chi connectivity index (χ1) is 12.2. The molecule has 0 radical (unpaired) electrons. The van der Waals surface area contributed by atoms with E-state index in [1.807, 2.05) is 0 Å². The molecule has 0 saturated carbocycles. The van der Waals surface area contributed by atoms with Crippen molar-refractivity contribution in [3.63, 3.8) is 0 Å². The molecule has 6 nitrogen and oxygen atoms in total. The number of halogens is 1. The Bertz CT molecular complexity index is 522. The van der Waals surface area contributed by atoms with Crippen molar-refractivity contribution in [2.45, 2.75) is 31.3 Å². The number of guanidine groups is 1. The molecule has 0 bridgehead atoms. The maximum Gasteiger partial charge on any atom is 0.191 e. The van der Waals surface area contributed by atoms with Crippen LogP contribution in [0.15, 0.2) is 35.3 Å². The average Bonchev–Trinajstić information content (AvgIpc) is 2.66. The molecule has 1 aliphatic heterocycles. The highest BCUT2D eigenvalue weighted by atomic mass is 127. The molecular weight excluding hydrogens is 443 g/mol. The van der Waals surface area contributed by atoms with Gasteiger partial charge in [-0.05, 0) is 25.3 Å². The standard InChI is InChI=1S/C19H32N4O2.HI/c1-16(17-7-5-4-6-8-17)23-19(9-12-25-13-10-19)15-22-18(20-2)21-11-14-24-3;/h4-8,16,23H,9-15H2,1-3H3,(H2,20,21,22);1H. The summed E-state index contributed by atoms with van der Waals surface area (Å²) in [6, 6.07) is 10.8. The molecule has 2 rings (SSSR count). The Hall–Kier alpha value is -0.900. The Morgan fingerprint density at radius 3 is 2.54 bits per heavy atom. The lowest BCUT2D eigenvalue weighted by molar-refractivity contribution is 0.0354. The van der Waals surface area contributed by atoms with Gasteiger partial charge >= 0.3 is 0 Å². The van der Waals surface area contributed by atoms with Gasteiger partial charge in [-0.25, -0.2) is 0 Å². The maximum atomic E-state index is 5.59. The Labute approximate surface area is 174 Å². The fourth-order valence-electron chi connectivity index (χ4n) is 3.16. The van der Waals surface area contributed by atoms with E-state index >= 15 is 0 Å². The van der Waals surface area contributed by atoms with Crippen molar-refractivity contribution in [1.29, 1.82) is 0 Å². The van der Waals surface area contributed by atoms with Gasteiger partial charge in [0.05, 0.1) is 6.61 Å². The number of nitrogens with zero attached hydrogens (tertiary/aromatic N) is 1. The number of aliphatic imine (C=N–C) groups is 1. The SMILES string of the molecule is CN=C(NCCOC)NCC1(NC(C)c2ccccc2)CCOCC1.I. The van der Waals surface area contributed by atoms with E-state index in [2.05, 4.69) is 58.2 Å². The third kappa shape index (κ3) is 7.38. The number of methoxy groups -OCH3 is 1. The minimum Gasteiger partial charge on any atom is -0.383 e. The summed E-state index contributed by atoms with van der Waals surface area (Å²) in [5, 5.41) is 10.6. The Morgan fingerprint density at radius 2 is 1.92 bits per heavy atom. The molecule has 26 heavy (non-hydrogen) atoms. The molecular formula is C19H33IN4O2. The zero-order chi connectivity index (χ0) is 18.0. The number of hydrogen-bond acceptors (Lipinski definition) is 4. The lowest BCUT2D eigenvalue weighted by Crippen LogP contribution is -2.58. The fourth-order valence-corrected chi connectivity index (χ4v) is 3.16. The molecule has 0 spiro atoms. The van der Waals surface area contributed by atoms with Gasteiger partial charge in [0.15, 0.2) is 5.96 Å². The van der Waals surface area contributed by atoms with Crippen LogP contribution in [-0.4, -0.2) is 58.6 Å². The molecule has 7 heteroatoms. The van der Waals surface area contributed by atoms with Crippen LogP contribution < -0.4 is 16.0 Å². The van der Waals surface area contributed by atoms with E-state index in [0.717, 1.165) is 45.1 Å². The average molecular weight is 476 g/mol. The predicted octanol–water partition coefficient (Wildman–Crippen LogP) is 2.32. The van der Waals surface area contributed by atoms with Crippen molar-refractivity contribution in [3.05, 3.63) is 35.9 Å². The van der Waals surface area contributed by atoms with E-state index in [1.54, 1.807) is 14.2 Å². The molecule has 1 fully saturated rings. The van der Waals surface area contributed by atoms with Crippen molar-refractivity contribution in [2.24, 2.45) is 4.99 Å². The summed E-state index contributed by atoms with van der Waals surface area (Å²) in [6.45, 7) is 5.99. The van der Waals surface area contributed by atoms with Gasteiger partial charge < -0.3 is 25.4 Å². The van der Waals surface area contributed by atoms with Crippen LogP contribution >= 0.6 is 24.0 Å². The van der Waals surface area contributed by atoms with Crippen LogP contribution in [0.1, 0.15) is 31.4 Å². The molecule has 1 aromatic rings. The predicted molar refractivity (Wildman–Crippen MR) is 117 cm³/mol. The summed E-state index contributed by atoms with van der Waals surface area (Å²) in [7, 11) is 3.49. The van der Waals surface area contributed by atoms with Crippen molar-refractivity contribution in [3.8, 4) is 0 Å². The molecule has 1 aliphatic rings. The normalized spacial score (nSPS) is 17.9. The Balaban J connectivity index is 0.00000338. The Morgan fingerprint density at radius 1 is 1.23 bits per heavy atom. The van der Waals surface area contributed by atoms with Crippen LogP contribution in [0.2, 0.25) is 0 Å². The number of hydrogen-bond donors (Lipinski definition) is 3. The van der Waals surface area contributed by atoms with Crippen molar-refractivity contribution < 1.29 is 9.47 Å². The van der Waals surface area contributed by atoms with Gasteiger partial charge in [0.1, 0.15) is 0 Å². The third-order valence-electron chi connectivity index (χ3n) is 4.69. The van der Waals surface area contributed by atoms with Gasteiger partial charge in [-0.2, -0.15) is 0 Å². The summed E-state index contributed by atoms with van der Waals surface area (Å²) in [5.41, 5.74) is 1.29. The van der Waals surface area contributed by atoms with Gasteiger partial charge in [-0.1, -0.05) is 30.3 Å². The second-order valence-electron chi connectivity index (χ2n) is 6.51. The fraction of sp³-hybridized carbons (Fsp3) is 0.632. The van der Waals surface area contributed by atoms with Crippen LogP contribution in [0.3, 0.4) is 0 Å². The van der Waals surface area contributed by atoms with Crippen LogP contribution in [0.4, 0.5) is 0 Å². The summed E-state index contributed by atoms with van der Waals surface area (Å²) < 4.78 is 10.7. The van der Waals surface area contributed by atoms with Gasteiger partial charge in [-0.3, -0.25) is 4.99 Å². The first kappa shape index (κ1) is 23.1. The van der Waals surface area contributed by atoms with Crippen molar-refractivity contribution in [1.82, 2.24) is 16.0 Å². The lowest BCUT2D eigenvalue weighted by Gasteiger charge is -2.41. The second-order valence-corrected chi connectivity index (χ2v) is 6.51. The highest BCUT2D eigenvalue weighted by molar-refractivity contribution is 14.0. The van der Waals surface area contributed by atoms with E-state index in [0.29, 0.717) is 6.61 Å². The first-order valence-corrected chi connectivity index (χ1v) is 9.03. The molecule has 1 saturated heterocycles. The summed E-state index contributed by atoms with van der Waals surface area (Å²) >= 11 is 0. The van der Waals surface area contributed by atoms with Crippen molar-refractivity contribution in [2.75, 3.05) is 47.1 Å². The molecule has 0 aliphatic carbocycles. The smallest absolute Gasteiger partial charge is 0.191 e. The van der Waals surface area contributed by atoms with Crippen LogP contribution in [-0.2, 0) is 9.47 Å². The molecule has 1 atom stereocenters. The molecule has 3 N–H and O–H groups in total. The summed E-state index contributed by atoms with van der Waals surface area (Å²) in [5.74, 6) is 0.803. The van der Waals surface area contributed by atoms with Gasteiger partial charge in [-0.15, -0.1) is 24.0 Å². The topological polar surface area (TPSA) is 66.9 Å². The van der Waals surface area contributed by atoms with E-state index in [-0.39, 0.29) is 35.6 Å². The largest absolute Gasteiger partial charge is 0.383 e. The van der Waals surface area contributed by atoms with Crippen LogP contribution in [0.5, 0.6) is 0 Å². The van der Waals surface area contributed by atoms with Crippen LogP contribution in [0.25, 0.3) is 0 Å². The first-order valence-electron chi connectivity index (χ1n) is 9.03. The Kier molecular flexibility index (Phi) is 11.1. The van der Waals surface area contributed by atoms with E-state index in [1.165, 1.54) is 5.56 Å². The monoisotopic (exact) mass is 476 g/mol. The van der Waals surface area contributed by atoms with Gasteiger partial charge in [0.2, 0.25) is 0 Å².